The predicted molar refractivity (Wildman–Crippen MR) is 61.0 cm³/mol. The highest BCUT2D eigenvalue weighted by Gasteiger charge is 2.11. The summed E-state index contributed by atoms with van der Waals surface area (Å²) in [6.07, 6.45) is 2.35. The third kappa shape index (κ3) is 4.75. The summed E-state index contributed by atoms with van der Waals surface area (Å²) in [5.74, 6) is -3.73. The van der Waals surface area contributed by atoms with Crippen molar-refractivity contribution in [2.45, 2.75) is 18.9 Å². The van der Waals surface area contributed by atoms with Gasteiger partial charge in [-0.1, -0.05) is 6.07 Å². The summed E-state index contributed by atoms with van der Waals surface area (Å²) >= 11 is 0. The Labute approximate surface area is 99.2 Å². The Balaban J connectivity index is 0.000000171. The Kier molecular flexibility index (Phi) is 5.44. The summed E-state index contributed by atoms with van der Waals surface area (Å²) in [6.45, 7) is 2.36. The Bertz CT molecular complexity index is 319. The van der Waals surface area contributed by atoms with Gasteiger partial charge in [-0.15, -0.1) is 0 Å². The molecule has 2 N–H and O–H groups in total. The molecule has 2 nitrogen and oxygen atoms in total. The number of piperidine rings is 1. The van der Waals surface area contributed by atoms with Crippen molar-refractivity contribution in [3.05, 3.63) is 35.7 Å². The number of nitrogens with zero attached hydrogens (tertiary/aromatic N) is 1. The number of hydrogen-bond acceptors (Lipinski definition) is 2. The van der Waals surface area contributed by atoms with E-state index < -0.39 is 17.5 Å². The molecule has 0 unspecified atom stereocenters. The van der Waals surface area contributed by atoms with Gasteiger partial charge >= 0.3 is 0 Å². The van der Waals surface area contributed by atoms with Crippen molar-refractivity contribution in [3.8, 4) is 0 Å². The molecule has 0 radical (unpaired) electrons. The van der Waals surface area contributed by atoms with Gasteiger partial charge < -0.3 is 10.6 Å². The van der Waals surface area contributed by atoms with E-state index >= 15 is 0 Å². The van der Waals surface area contributed by atoms with Crippen LogP contribution in [0.2, 0.25) is 0 Å². The van der Waals surface area contributed by atoms with E-state index in [4.69, 9.17) is 5.73 Å². The Morgan fingerprint density at radius 1 is 1.12 bits per heavy atom. The van der Waals surface area contributed by atoms with E-state index in [0.717, 1.165) is 18.2 Å². The maximum Gasteiger partial charge on any atom is 0.194 e. The first-order valence-electron chi connectivity index (χ1n) is 5.54. The number of likely N-dealkylation sites (tertiary alicyclic amines) is 1. The standard InChI is InChI=1S/C6H3F3.C6H14N2/c7-4-2-1-3-5(8)6(4)9;1-8-4-2-6(7)3-5-8/h1-3H;6H,2-5,7H2,1H3. The maximum atomic E-state index is 12.0. The van der Waals surface area contributed by atoms with Crippen molar-refractivity contribution >= 4 is 0 Å². The van der Waals surface area contributed by atoms with Gasteiger partial charge in [0.1, 0.15) is 0 Å². The van der Waals surface area contributed by atoms with Gasteiger partial charge in [-0.2, -0.15) is 0 Å². The summed E-state index contributed by atoms with van der Waals surface area (Å²) in [5.41, 5.74) is 5.67. The lowest BCUT2D eigenvalue weighted by atomic mass is 10.1. The zero-order valence-corrected chi connectivity index (χ0v) is 9.80. The van der Waals surface area contributed by atoms with Gasteiger partial charge in [-0.25, -0.2) is 13.2 Å². The van der Waals surface area contributed by atoms with Crippen molar-refractivity contribution < 1.29 is 13.2 Å². The monoisotopic (exact) mass is 246 g/mol. The highest BCUT2D eigenvalue weighted by Crippen LogP contribution is 2.08. The van der Waals surface area contributed by atoms with Gasteiger partial charge in [-0.3, -0.25) is 0 Å². The van der Waals surface area contributed by atoms with E-state index in [1.807, 2.05) is 0 Å². The van der Waals surface area contributed by atoms with Gasteiger partial charge in [0, 0.05) is 6.04 Å². The van der Waals surface area contributed by atoms with Crippen LogP contribution in [0.4, 0.5) is 13.2 Å². The number of halogens is 3. The van der Waals surface area contributed by atoms with Crippen LogP contribution >= 0.6 is 0 Å². The third-order valence-corrected chi connectivity index (χ3v) is 2.67. The molecule has 1 aliphatic rings. The minimum absolute atomic E-state index is 0.478. The summed E-state index contributed by atoms with van der Waals surface area (Å²) < 4.78 is 35.9. The summed E-state index contributed by atoms with van der Waals surface area (Å²) in [5, 5.41) is 0. The van der Waals surface area contributed by atoms with Gasteiger partial charge in [-0.05, 0) is 45.1 Å². The SMILES string of the molecule is CN1CCC(N)CC1.Fc1cccc(F)c1F. The fourth-order valence-electron chi connectivity index (χ4n) is 1.51. The average Bonchev–Trinajstić information content (AvgIpc) is 2.31. The van der Waals surface area contributed by atoms with Gasteiger partial charge in [0.25, 0.3) is 0 Å². The molecule has 5 heteroatoms. The summed E-state index contributed by atoms with van der Waals surface area (Å²) in [7, 11) is 2.14. The highest BCUT2D eigenvalue weighted by molar-refractivity contribution is 5.07. The minimum Gasteiger partial charge on any atom is -0.328 e. The van der Waals surface area contributed by atoms with E-state index in [2.05, 4.69) is 11.9 Å². The van der Waals surface area contributed by atoms with Crippen LogP contribution in [-0.2, 0) is 0 Å². The van der Waals surface area contributed by atoms with Crippen LogP contribution in [0.25, 0.3) is 0 Å². The Morgan fingerprint density at radius 3 is 1.94 bits per heavy atom. The van der Waals surface area contributed by atoms with E-state index in [1.165, 1.54) is 25.9 Å². The third-order valence-electron chi connectivity index (χ3n) is 2.67. The van der Waals surface area contributed by atoms with Gasteiger partial charge in [0.05, 0.1) is 0 Å². The number of benzene rings is 1. The van der Waals surface area contributed by atoms with Crippen LogP contribution in [-0.4, -0.2) is 31.1 Å². The van der Waals surface area contributed by atoms with Gasteiger partial charge in [0.2, 0.25) is 0 Å². The molecule has 17 heavy (non-hydrogen) atoms. The van der Waals surface area contributed by atoms with Crippen LogP contribution in [0.15, 0.2) is 18.2 Å². The number of hydrogen-bond donors (Lipinski definition) is 1. The zero-order chi connectivity index (χ0) is 12.8. The smallest absolute Gasteiger partial charge is 0.194 e. The molecule has 1 aliphatic heterocycles. The quantitative estimate of drug-likeness (QED) is 0.711. The first kappa shape index (κ1) is 14.0. The van der Waals surface area contributed by atoms with Crippen LogP contribution in [0.3, 0.4) is 0 Å². The first-order valence-corrected chi connectivity index (χ1v) is 5.54. The number of nitrogens with two attached hydrogens (primary N) is 1. The molecule has 1 aromatic carbocycles. The second-order valence-electron chi connectivity index (χ2n) is 4.18. The van der Waals surface area contributed by atoms with Crippen molar-refractivity contribution in [2.75, 3.05) is 20.1 Å². The molecule has 1 saturated heterocycles. The molecule has 1 heterocycles. The molecule has 0 aliphatic carbocycles. The van der Waals surface area contributed by atoms with Crippen LogP contribution in [0.1, 0.15) is 12.8 Å². The van der Waals surface area contributed by atoms with E-state index in [-0.39, 0.29) is 0 Å². The van der Waals surface area contributed by atoms with Crippen molar-refractivity contribution in [1.82, 2.24) is 4.90 Å². The van der Waals surface area contributed by atoms with Crippen LogP contribution in [0, 0.1) is 17.5 Å². The second-order valence-corrected chi connectivity index (χ2v) is 4.18. The lowest BCUT2D eigenvalue weighted by Gasteiger charge is -2.25. The molecule has 0 aromatic heterocycles. The molecular formula is C12H17F3N2. The number of rotatable bonds is 0. The van der Waals surface area contributed by atoms with Crippen molar-refractivity contribution in [1.29, 1.82) is 0 Å². The van der Waals surface area contributed by atoms with Crippen LogP contribution < -0.4 is 5.73 Å². The van der Waals surface area contributed by atoms with E-state index in [9.17, 15) is 13.2 Å². The zero-order valence-electron chi connectivity index (χ0n) is 9.80. The molecule has 1 fully saturated rings. The molecule has 96 valence electrons. The van der Waals surface area contributed by atoms with Crippen LogP contribution in [0.5, 0.6) is 0 Å². The van der Waals surface area contributed by atoms with Crippen molar-refractivity contribution in [2.24, 2.45) is 5.73 Å². The average molecular weight is 246 g/mol. The Morgan fingerprint density at radius 2 is 1.59 bits per heavy atom. The largest absolute Gasteiger partial charge is 0.328 e. The molecule has 0 spiro atoms. The first-order chi connectivity index (χ1) is 8.00. The van der Waals surface area contributed by atoms with E-state index in [1.54, 1.807) is 0 Å². The fraction of sp³-hybridized carbons (Fsp3) is 0.500. The molecule has 0 bridgehead atoms. The molecule has 0 amide bonds. The summed E-state index contributed by atoms with van der Waals surface area (Å²) in [6, 6.07) is 3.30. The molecular weight excluding hydrogens is 229 g/mol. The lowest BCUT2D eigenvalue weighted by molar-refractivity contribution is 0.256. The minimum atomic E-state index is -1.42. The highest BCUT2D eigenvalue weighted by atomic mass is 19.2. The topological polar surface area (TPSA) is 29.3 Å². The second kappa shape index (κ2) is 6.61. The maximum absolute atomic E-state index is 12.0. The fourth-order valence-corrected chi connectivity index (χ4v) is 1.51. The molecule has 0 atom stereocenters. The lowest BCUT2D eigenvalue weighted by Crippen LogP contribution is -2.37. The normalized spacial score (nSPS) is 17.5. The van der Waals surface area contributed by atoms with Gasteiger partial charge in [0.15, 0.2) is 17.5 Å². The molecule has 0 saturated carbocycles. The van der Waals surface area contributed by atoms with Crippen molar-refractivity contribution in [3.63, 3.8) is 0 Å². The van der Waals surface area contributed by atoms with E-state index in [0.29, 0.717) is 6.04 Å². The predicted octanol–water partition coefficient (Wildman–Crippen LogP) is 2.14. The summed E-state index contributed by atoms with van der Waals surface area (Å²) in [4.78, 5) is 2.32. The Hall–Kier alpha value is -1.07. The molecule has 1 aromatic rings. The molecule has 2 rings (SSSR count).